The second-order valence-electron chi connectivity index (χ2n) is 10.8. The first kappa shape index (κ1) is 24.9. The average Bonchev–Trinajstić information content (AvgIpc) is 3.27. The molecular formula is C26H39FN8O. The summed E-state index contributed by atoms with van der Waals surface area (Å²) >= 11 is 0. The first-order chi connectivity index (χ1) is 17.2. The summed E-state index contributed by atoms with van der Waals surface area (Å²) in [5.74, 6) is 0.969. The number of nitrogens with one attached hydrogen (secondary N) is 1. The van der Waals surface area contributed by atoms with Gasteiger partial charge in [0.25, 0.3) is 0 Å². The summed E-state index contributed by atoms with van der Waals surface area (Å²) in [5.41, 5.74) is 1.70. The van der Waals surface area contributed by atoms with Gasteiger partial charge in [0.05, 0.1) is 37.0 Å². The number of imidazole rings is 1. The fourth-order valence-electron chi connectivity index (χ4n) is 5.08. The average molecular weight is 499 g/mol. The number of ether oxygens (including phenoxy) is 1. The predicted octanol–water partition coefficient (Wildman–Crippen LogP) is 2.97. The molecule has 0 bridgehead atoms. The third kappa shape index (κ3) is 4.89. The number of rotatable bonds is 8. The minimum absolute atomic E-state index is 0. The van der Waals surface area contributed by atoms with Crippen molar-refractivity contribution in [1.82, 2.24) is 29.6 Å². The van der Waals surface area contributed by atoms with Crippen LogP contribution in [0.25, 0.3) is 5.65 Å². The highest BCUT2D eigenvalue weighted by molar-refractivity contribution is 5.47. The van der Waals surface area contributed by atoms with Crippen LogP contribution >= 0.6 is 0 Å². The number of nitrogens with zero attached hydrogens (tertiary/aromatic N) is 7. The van der Waals surface area contributed by atoms with E-state index >= 15 is 0 Å². The van der Waals surface area contributed by atoms with Crippen molar-refractivity contribution in [1.29, 1.82) is 0 Å². The number of hydrogen-bond acceptors (Lipinski definition) is 8. The van der Waals surface area contributed by atoms with Crippen molar-refractivity contribution in [2.45, 2.75) is 45.3 Å². The van der Waals surface area contributed by atoms with Crippen molar-refractivity contribution in [2.75, 3.05) is 56.4 Å². The molecule has 36 heavy (non-hydrogen) atoms. The van der Waals surface area contributed by atoms with Crippen LogP contribution in [0.3, 0.4) is 0 Å². The highest BCUT2D eigenvalue weighted by Gasteiger charge is 2.33. The molecule has 2 aliphatic rings. The third-order valence-corrected chi connectivity index (χ3v) is 7.64. The minimum atomic E-state index is -0.371. The van der Waals surface area contributed by atoms with Gasteiger partial charge in [-0.25, -0.2) is 14.4 Å². The summed E-state index contributed by atoms with van der Waals surface area (Å²) in [6.45, 7) is 12.8. The van der Waals surface area contributed by atoms with Crippen LogP contribution in [0.1, 0.15) is 34.8 Å². The maximum absolute atomic E-state index is 14.6. The van der Waals surface area contributed by atoms with Crippen molar-refractivity contribution in [2.24, 2.45) is 5.92 Å². The molecule has 10 heteroatoms. The number of piperazine rings is 1. The normalized spacial score (nSPS) is 21.8. The molecule has 3 aromatic rings. The predicted molar refractivity (Wildman–Crippen MR) is 141 cm³/mol. The molecule has 0 radical (unpaired) electrons. The number of fused-ring (bicyclic) bond motifs is 1. The molecule has 0 amide bonds. The lowest BCUT2D eigenvalue weighted by molar-refractivity contribution is 0.0596. The van der Waals surface area contributed by atoms with Gasteiger partial charge in [0.2, 0.25) is 5.95 Å². The Balaban J connectivity index is 0.00000320. The molecule has 0 aromatic carbocycles. The summed E-state index contributed by atoms with van der Waals surface area (Å²) in [4.78, 5) is 19.9. The molecule has 2 atom stereocenters. The molecule has 0 saturated carbocycles. The van der Waals surface area contributed by atoms with Crippen LogP contribution in [0.2, 0.25) is 0 Å². The molecule has 2 aliphatic heterocycles. The van der Waals surface area contributed by atoms with E-state index in [-0.39, 0.29) is 12.8 Å². The van der Waals surface area contributed by atoms with Crippen LogP contribution in [-0.2, 0) is 10.3 Å². The van der Waals surface area contributed by atoms with Gasteiger partial charge in [-0.2, -0.15) is 4.98 Å². The van der Waals surface area contributed by atoms with E-state index in [1.807, 2.05) is 35.5 Å². The van der Waals surface area contributed by atoms with E-state index in [4.69, 9.17) is 4.74 Å². The van der Waals surface area contributed by atoms with Gasteiger partial charge in [0.1, 0.15) is 5.65 Å². The molecular weight excluding hydrogens is 459 g/mol. The summed E-state index contributed by atoms with van der Waals surface area (Å²) in [6, 6.07) is 6.76. The Morgan fingerprint density at radius 2 is 1.83 bits per heavy atom. The highest BCUT2D eigenvalue weighted by Crippen LogP contribution is 2.28. The minimum Gasteiger partial charge on any atom is -0.366 e. The molecule has 9 nitrogen and oxygen atoms in total. The Hall–Kier alpha value is -2.82. The van der Waals surface area contributed by atoms with E-state index in [0.717, 1.165) is 37.5 Å². The molecule has 5 heterocycles. The summed E-state index contributed by atoms with van der Waals surface area (Å²) in [5, 5.41) is 3.48. The van der Waals surface area contributed by atoms with Crippen molar-refractivity contribution < 1.29 is 10.6 Å². The largest absolute Gasteiger partial charge is 0.366 e. The van der Waals surface area contributed by atoms with Gasteiger partial charge in [-0.15, -0.1) is 0 Å². The molecule has 3 aromatic heterocycles. The lowest BCUT2D eigenvalue weighted by Gasteiger charge is -2.43. The van der Waals surface area contributed by atoms with Crippen molar-refractivity contribution >= 4 is 17.4 Å². The van der Waals surface area contributed by atoms with Crippen LogP contribution in [-0.4, -0.2) is 82.9 Å². The molecule has 2 saturated heterocycles. The zero-order valence-electron chi connectivity index (χ0n) is 21.9. The lowest BCUT2D eigenvalue weighted by atomic mass is 10.0. The summed E-state index contributed by atoms with van der Waals surface area (Å²) in [7, 11) is 2.14. The number of aromatic nitrogens is 4. The van der Waals surface area contributed by atoms with Gasteiger partial charge < -0.3 is 18.9 Å². The molecule has 1 N–H and O–H groups in total. The zero-order valence-corrected chi connectivity index (χ0v) is 21.9. The Bertz CT molecular complexity index is 1190. The van der Waals surface area contributed by atoms with E-state index in [1.54, 1.807) is 0 Å². The van der Waals surface area contributed by atoms with E-state index < -0.39 is 0 Å². The van der Waals surface area contributed by atoms with Crippen LogP contribution in [0, 0.1) is 11.7 Å². The molecule has 0 spiro atoms. The van der Waals surface area contributed by atoms with Crippen molar-refractivity contribution in [3.63, 3.8) is 0 Å². The Morgan fingerprint density at radius 3 is 2.58 bits per heavy atom. The fraction of sp³-hybridized carbons (Fsp3) is 0.577. The van der Waals surface area contributed by atoms with Gasteiger partial charge in [0.15, 0.2) is 11.6 Å². The Labute approximate surface area is 213 Å². The van der Waals surface area contributed by atoms with Crippen LogP contribution in [0.15, 0.2) is 36.8 Å². The molecule has 1 unspecified atom stereocenters. The number of pyridine rings is 1. The van der Waals surface area contributed by atoms with Gasteiger partial charge >= 0.3 is 0 Å². The molecule has 5 rings (SSSR count). The van der Waals surface area contributed by atoms with Gasteiger partial charge in [-0.05, 0) is 46.9 Å². The molecule has 2 fully saturated rings. The number of halogens is 1. The van der Waals surface area contributed by atoms with Gasteiger partial charge in [0, 0.05) is 51.8 Å². The maximum Gasteiger partial charge on any atom is 0.227 e. The zero-order chi connectivity index (χ0) is 25.4. The van der Waals surface area contributed by atoms with Crippen LogP contribution in [0.4, 0.5) is 16.2 Å². The number of hydrogen-bond donors (Lipinski definition) is 1. The van der Waals surface area contributed by atoms with Crippen molar-refractivity contribution in [3.8, 4) is 0 Å². The van der Waals surface area contributed by atoms with E-state index in [0.29, 0.717) is 43.1 Å². The van der Waals surface area contributed by atoms with Gasteiger partial charge in [-0.3, -0.25) is 10.2 Å². The second-order valence-corrected chi connectivity index (χ2v) is 10.8. The summed E-state index contributed by atoms with van der Waals surface area (Å²) in [6.07, 6.45) is 5.23. The van der Waals surface area contributed by atoms with Crippen molar-refractivity contribution in [3.05, 3.63) is 48.3 Å². The van der Waals surface area contributed by atoms with Crippen LogP contribution in [0.5, 0.6) is 0 Å². The first-order valence-electron chi connectivity index (χ1n) is 12.7. The second kappa shape index (κ2) is 9.91. The van der Waals surface area contributed by atoms with Crippen LogP contribution < -0.4 is 15.1 Å². The third-order valence-electron chi connectivity index (χ3n) is 7.64. The first-order valence-corrected chi connectivity index (χ1v) is 12.7. The monoisotopic (exact) mass is 498 g/mol. The topological polar surface area (TPSA) is 74.1 Å². The van der Waals surface area contributed by atoms with E-state index in [9.17, 15) is 4.39 Å². The summed E-state index contributed by atoms with van der Waals surface area (Å²) < 4.78 is 22.6. The Kier molecular flexibility index (Phi) is 6.84. The van der Waals surface area contributed by atoms with E-state index in [1.165, 1.54) is 6.20 Å². The highest BCUT2D eigenvalue weighted by atomic mass is 19.1. The van der Waals surface area contributed by atoms with E-state index in [2.05, 4.69) is 69.2 Å². The number of likely N-dealkylation sites (N-methyl/N-ethyl adjacent to an activating group) is 1. The molecule has 196 valence electrons. The quantitative estimate of drug-likeness (QED) is 0.375. The van der Waals surface area contributed by atoms with Gasteiger partial charge in [-0.1, -0.05) is 6.07 Å². The number of anilines is 2. The maximum atomic E-state index is 14.6. The standard InChI is InChI=1S/C26H37FN8O.H2/c1-18-12-34(13-19(2)32(18)5)25-29-10-21(27)24(31-25)33-14-20(15-33)16-36-17-30-26(3,4)22-11-28-23-8-6-7-9-35(22)23;/h6-11,18-20,30H,12-17H2,1-5H3;1H/t18-,19?;/m0./s1. The fourth-order valence-corrected chi connectivity index (χ4v) is 5.08. The smallest absolute Gasteiger partial charge is 0.227 e. The molecule has 0 aliphatic carbocycles. The SMILES string of the molecule is CC1CN(c2ncc(F)c(N3CC(COCNC(C)(C)c4cnc5ccccn45)C3)n2)C[C@H](C)N1C.[HH]. The lowest BCUT2D eigenvalue weighted by Crippen LogP contribution is -2.55. The Morgan fingerprint density at radius 1 is 1.08 bits per heavy atom.